The molecule has 0 radical (unpaired) electrons. The van der Waals surface area contributed by atoms with E-state index >= 15 is 0 Å². The number of anilines is 1. The zero-order valence-electron chi connectivity index (χ0n) is 13.5. The summed E-state index contributed by atoms with van der Waals surface area (Å²) >= 11 is 0. The van der Waals surface area contributed by atoms with E-state index in [1.807, 2.05) is 0 Å². The van der Waals surface area contributed by atoms with Gasteiger partial charge in [0.25, 0.3) is 0 Å². The van der Waals surface area contributed by atoms with Crippen LogP contribution in [-0.4, -0.2) is 4.98 Å². The lowest BCUT2D eigenvalue weighted by molar-refractivity contribution is 0.381. The lowest BCUT2D eigenvalue weighted by Crippen LogP contribution is -2.07. The summed E-state index contributed by atoms with van der Waals surface area (Å²) in [6, 6.07) is 0.499. The average molecular weight is 426 g/mol. The van der Waals surface area contributed by atoms with E-state index in [1.165, 1.54) is 0 Å². The van der Waals surface area contributed by atoms with Crippen molar-refractivity contribution in [3.05, 3.63) is 70.4 Å². The lowest BCUT2D eigenvalue weighted by atomic mass is 10.0. The molecule has 0 unspecified atom stereocenters. The first-order valence-corrected chi connectivity index (χ1v) is 7.28. The van der Waals surface area contributed by atoms with E-state index in [2.05, 4.69) is 4.98 Å². The number of nitrogen functional groups attached to an aromatic ring is 1. The smallest absolute Gasteiger partial charge is 0.200 e. The fourth-order valence-corrected chi connectivity index (χ4v) is 2.50. The van der Waals surface area contributed by atoms with Gasteiger partial charge >= 0.3 is 0 Å². The van der Waals surface area contributed by atoms with Crippen LogP contribution in [0.15, 0.2) is 12.3 Å². The van der Waals surface area contributed by atoms with Crippen LogP contribution in [0, 0.1) is 58.2 Å². The second-order valence-electron chi connectivity index (χ2n) is 5.55. The van der Waals surface area contributed by atoms with Gasteiger partial charge in [-0.1, -0.05) is 0 Å². The molecule has 0 aliphatic rings. The van der Waals surface area contributed by atoms with Gasteiger partial charge in [0.1, 0.15) is 0 Å². The van der Waals surface area contributed by atoms with E-state index in [-0.39, 0.29) is 0 Å². The highest BCUT2D eigenvalue weighted by Gasteiger charge is 2.30. The summed E-state index contributed by atoms with van der Waals surface area (Å²) in [5, 5.41) is 0. The van der Waals surface area contributed by atoms with E-state index < -0.39 is 86.2 Å². The molecule has 1 aromatic heterocycles. The fourth-order valence-electron chi connectivity index (χ4n) is 2.50. The number of hydrogen-bond acceptors (Lipinski definition) is 2. The molecule has 3 aromatic rings. The average Bonchev–Trinajstić information content (AvgIpc) is 2.69. The molecule has 3 rings (SSSR count). The third-order valence-corrected chi connectivity index (χ3v) is 3.86. The van der Waals surface area contributed by atoms with Crippen molar-refractivity contribution in [2.24, 2.45) is 0 Å². The predicted molar refractivity (Wildman–Crippen MR) is 79.1 cm³/mol. The van der Waals surface area contributed by atoms with Crippen LogP contribution in [0.25, 0.3) is 22.4 Å². The van der Waals surface area contributed by atoms with Gasteiger partial charge in [0.15, 0.2) is 46.5 Å². The molecule has 0 aliphatic heterocycles. The molecule has 0 fully saturated rings. The maximum absolute atomic E-state index is 13.9. The Bertz CT molecular complexity index is 1120. The molecule has 0 bridgehead atoms. The largest absolute Gasteiger partial charge is 0.397 e. The molecule has 29 heavy (non-hydrogen) atoms. The molecule has 1 heterocycles. The lowest BCUT2D eigenvalue weighted by Gasteiger charge is -2.12. The van der Waals surface area contributed by atoms with Crippen LogP contribution in [-0.2, 0) is 0 Å². The van der Waals surface area contributed by atoms with Gasteiger partial charge in [-0.05, 0) is 6.07 Å². The molecule has 0 saturated heterocycles. The monoisotopic (exact) mass is 426 g/mol. The van der Waals surface area contributed by atoms with Crippen molar-refractivity contribution in [1.82, 2.24) is 4.98 Å². The van der Waals surface area contributed by atoms with E-state index in [0.717, 1.165) is 0 Å². The van der Waals surface area contributed by atoms with E-state index in [4.69, 9.17) is 5.73 Å². The number of aromatic nitrogens is 1. The molecule has 0 saturated carbocycles. The minimum Gasteiger partial charge on any atom is -0.397 e. The Labute approximate surface area is 154 Å². The molecule has 12 heteroatoms. The van der Waals surface area contributed by atoms with E-state index in [0.29, 0.717) is 12.3 Å². The number of halogens is 10. The van der Waals surface area contributed by atoms with Crippen LogP contribution in [0.4, 0.5) is 49.6 Å². The van der Waals surface area contributed by atoms with Gasteiger partial charge in [-0.2, -0.15) is 0 Å². The first-order chi connectivity index (χ1) is 13.5. The molecule has 0 atom stereocenters. The maximum atomic E-state index is 13.9. The zero-order valence-corrected chi connectivity index (χ0v) is 13.5. The van der Waals surface area contributed by atoms with Gasteiger partial charge in [0.2, 0.25) is 11.6 Å². The number of nitrogens with two attached hydrogens (primary N) is 1. The van der Waals surface area contributed by atoms with Crippen molar-refractivity contribution < 1.29 is 43.9 Å². The summed E-state index contributed by atoms with van der Waals surface area (Å²) in [6.07, 6.45) is 0.391. The van der Waals surface area contributed by atoms with Crippen LogP contribution >= 0.6 is 0 Å². The minimum atomic E-state index is -2.44. The van der Waals surface area contributed by atoms with Crippen molar-refractivity contribution in [3.63, 3.8) is 0 Å². The molecule has 0 amide bonds. The summed E-state index contributed by atoms with van der Waals surface area (Å²) in [7, 11) is 0. The summed E-state index contributed by atoms with van der Waals surface area (Å²) in [5.41, 5.74) is -0.239. The third kappa shape index (κ3) is 2.95. The van der Waals surface area contributed by atoms with Gasteiger partial charge in [-0.15, -0.1) is 0 Å². The fraction of sp³-hybridized carbons (Fsp3) is 0. The molecule has 0 spiro atoms. The SMILES string of the molecule is Nc1cc(-c2c(F)c(F)c(F)c(F)c2F)cnc1-c1c(F)c(F)c(F)c(F)c1F. The van der Waals surface area contributed by atoms with Crippen LogP contribution in [0.5, 0.6) is 0 Å². The van der Waals surface area contributed by atoms with Crippen LogP contribution in [0.1, 0.15) is 0 Å². The van der Waals surface area contributed by atoms with Gasteiger partial charge in [0.05, 0.1) is 22.5 Å². The predicted octanol–water partition coefficient (Wildman–Crippen LogP) is 5.39. The first kappa shape index (κ1) is 20.4. The Morgan fingerprint density at radius 1 is 0.517 bits per heavy atom. The highest BCUT2D eigenvalue weighted by Crippen LogP contribution is 2.37. The van der Waals surface area contributed by atoms with Crippen molar-refractivity contribution in [2.75, 3.05) is 5.73 Å². The Kier molecular flexibility index (Phi) is 4.89. The number of pyridine rings is 1. The van der Waals surface area contributed by atoms with Gasteiger partial charge in [-0.25, -0.2) is 43.9 Å². The summed E-state index contributed by atoms with van der Waals surface area (Å²) in [5.74, 6) is -23.1. The van der Waals surface area contributed by atoms with Crippen molar-refractivity contribution >= 4 is 5.69 Å². The molecule has 2 nitrogen and oxygen atoms in total. The quantitative estimate of drug-likeness (QED) is 0.339. The van der Waals surface area contributed by atoms with E-state index in [1.54, 1.807) is 0 Å². The minimum absolute atomic E-state index is 0.391. The zero-order chi connectivity index (χ0) is 21.8. The summed E-state index contributed by atoms with van der Waals surface area (Å²) in [4.78, 5) is 3.29. The molecular weight excluding hydrogens is 422 g/mol. The second-order valence-corrected chi connectivity index (χ2v) is 5.55. The normalized spacial score (nSPS) is 11.2. The van der Waals surface area contributed by atoms with Crippen LogP contribution in [0.3, 0.4) is 0 Å². The third-order valence-electron chi connectivity index (χ3n) is 3.86. The van der Waals surface area contributed by atoms with Crippen LogP contribution < -0.4 is 5.73 Å². The van der Waals surface area contributed by atoms with Crippen molar-refractivity contribution in [3.8, 4) is 22.4 Å². The van der Waals surface area contributed by atoms with Crippen LogP contribution in [0.2, 0.25) is 0 Å². The standard InChI is InChI=1S/C17H4F10N2/c18-7-5(8(19)12(23)15(26)11(7)22)3-1-4(28)17(29-2-3)6-9(20)13(24)16(27)14(25)10(6)21/h1-2H,28H2. The highest BCUT2D eigenvalue weighted by molar-refractivity contribution is 5.78. The topological polar surface area (TPSA) is 38.9 Å². The first-order valence-electron chi connectivity index (χ1n) is 7.28. The Balaban J connectivity index is 2.26. The summed E-state index contributed by atoms with van der Waals surface area (Å²) in [6.45, 7) is 0. The highest BCUT2D eigenvalue weighted by atomic mass is 19.2. The summed E-state index contributed by atoms with van der Waals surface area (Å²) < 4.78 is 135. The molecule has 2 N–H and O–H groups in total. The van der Waals surface area contributed by atoms with Crippen molar-refractivity contribution in [2.45, 2.75) is 0 Å². The van der Waals surface area contributed by atoms with E-state index in [9.17, 15) is 43.9 Å². The maximum Gasteiger partial charge on any atom is 0.200 e. The molecule has 152 valence electrons. The number of benzene rings is 2. The molecular formula is C17H4F10N2. The number of nitrogens with zero attached hydrogens (tertiary/aromatic N) is 1. The van der Waals surface area contributed by atoms with Crippen molar-refractivity contribution in [1.29, 1.82) is 0 Å². The van der Waals surface area contributed by atoms with Gasteiger partial charge < -0.3 is 5.73 Å². The Hall–Kier alpha value is -3.31. The molecule has 0 aliphatic carbocycles. The Morgan fingerprint density at radius 3 is 1.24 bits per heavy atom. The number of hydrogen-bond donors (Lipinski definition) is 1. The number of rotatable bonds is 2. The van der Waals surface area contributed by atoms with Gasteiger partial charge in [-0.3, -0.25) is 4.98 Å². The molecule has 2 aromatic carbocycles. The van der Waals surface area contributed by atoms with Gasteiger partial charge in [0, 0.05) is 11.8 Å². The second kappa shape index (κ2) is 6.94. The Morgan fingerprint density at radius 2 is 0.862 bits per heavy atom.